The van der Waals surface area contributed by atoms with Gasteiger partial charge in [-0.3, -0.25) is 10.8 Å². The van der Waals surface area contributed by atoms with E-state index >= 15 is 0 Å². The Balaban J connectivity index is 2.10. The van der Waals surface area contributed by atoms with Crippen molar-refractivity contribution in [1.29, 1.82) is 0 Å². The average Bonchev–Trinajstić information content (AvgIpc) is 2.65. The molecule has 0 aromatic heterocycles. The highest BCUT2D eigenvalue weighted by Crippen LogP contribution is 2.23. The minimum atomic E-state index is -0.0247. The van der Waals surface area contributed by atoms with E-state index in [-0.39, 0.29) is 6.03 Å². The van der Waals surface area contributed by atoms with Gasteiger partial charge in [0.25, 0.3) is 0 Å². The van der Waals surface area contributed by atoms with Crippen LogP contribution in [0.1, 0.15) is 37.7 Å². The molecule has 1 fully saturated rings. The fourth-order valence-corrected chi connectivity index (χ4v) is 3.06. The number of nitrogens with zero attached hydrogens (tertiary/aromatic N) is 3. The molecule has 1 saturated carbocycles. The number of hydrazine groups is 1. The third-order valence-corrected chi connectivity index (χ3v) is 4.56. The molecule has 2 rings (SSSR count). The molecule has 0 saturated heterocycles. The van der Waals surface area contributed by atoms with E-state index in [9.17, 15) is 4.79 Å². The van der Waals surface area contributed by atoms with Crippen molar-refractivity contribution in [3.63, 3.8) is 0 Å². The number of urea groups is 1. The van der Waals surface area contributed by atoms with Gasteiger partial charge in [-0.15, -0.1) is 0 Å². The van der Waals surface area contributed by atoms with Crippen molar-refractivity contribution in [2.24, 2.45) is 10.8 Å². The molecule has 0 bridgehead atoms. The van der Waals surface area contributed by atoms with E-state index in [1.54, 1.807) is 18.1 Å². The predicted octanol–water partition coefficient (Wildman–Crippen LogP) is 3.29. The van der Waals surface area contributed by atoms with Crippen LogP contribution in [0.25, 0.3) is 5.70 Å². The summed E-state index contributed by atoms with van der Waals surface area (Å²) in [6, 6.07) is 7.78. The van der Waals surface area contributed by atoms with Gasteiger partial charge in [-0.25, -0.2) is 4.79 Å². The maximum Gasteiger partial charge on any atom is 0.323 e. The molecule has 1 aromatic carbocycles. The minimum absolute atomic E-state index is 0.0247. The van der Waals surface area contributed by atoms with E-state index < -0.39 is 0 Å². The summed E-state index contributed by atoms with van der Waals surface area (Å²) >= 11 is 0. The third kappa shape index (κ3) is 4.35. The molecule has 0 aliphatic heterocycles. The van der Waals surface area contributed by atoms with Crippen molar-refractivity contribution in [2.75, 3.05) is 19.5 Å². The van der Waals surface area contributed by atoms with Crippen LogP contribution in [0.4, 0.5) is 10.5 Å². The summed E-state index contributed by atoms with van der Waals surface area (Å²) in [5, 5.41) is 0. The number of nitrogens with one attached hydrogen (secondary N) is 1. The van der Waals surface area contributed by atoms with Crippen LogP contribution >= 0.6 is 0 Å². The van der Waals surface area contributed by atoms with Gasteiger partial charge in [0.1, 0.15) is 0 Å². The Morgan fingerprint density at radius 2 is 1.88 bits per heavy atom. The fraction of sp³-hybridized carbons (Fsp3) is 0.444. The largest absolute Gasteiger partial charge is 0.324 e. The first-order valence-corrected chi connectivity index (χ1v) is 8.32. The number of hydrogen-bond donors (Lipinski definition) is 2. The lowest BCUT2D eigenvalue weighted by atomic mass is 9.95. The monoisotopic (exact) mass is 329 g/mol. The zero-order chi connectivity index (χ0) is 17.5. The van der Waals surface area contributed by atoms with E-state index in [0.717, 1.165) is 24.1 Å². The lowest BCUT2D eigenvalue weighted by Crippen LogP contribution is -2.43. The zero-order valence-electron chi connectivity index (χ0n) is 14.5. The highest BCUT2D eigenvalue weighted by Gasteiger charge is 2.23. The summed E-state index contributed by atoms with van der Waals surface area (Å²) in [5.41, 5.74) is 4.92. The summed E-state index contributed by atoms with van der Waals surface area (Å²) in [5.74, 6) is 5.37. The summed E-state index contributed by atoms with van der Waals surface area (Å²) in [7, 11) is 3.63. The molecule has 0 heterocycles. The van der Waals surface area contributed by atoms with Gasteiger partial charge < -0.3 is 15.2 Å². The number of benzene rings is 1. The standard InChI is InChI=1S/C18H27N5O/c1-20-17(14-9-11-15(21-19)12-10-14)13-22(2)18(24)23(3)16-7-5-4-6-8-16/h9-13,16,21H,1,4-8,19H2,2-3H3/b17-13-. The van der Waals surface area contributed by atoms with Gasteiger partial charge in [0, 0.05) is 37.6 Å². The topological polar surface area (TPSA) is 74.0 Å². The van der Waals surface area contributed by atoms with E-state index in [4.69, 9.17) is 5.84 Å². The van der Waals surface area contributed by atoms with Crippen molar-refractivity contribution in [2.45, 2.75) is 38.1 Å². The number of nitrogen functional groups attached to an aromatic ring is 1. The Bertz CT molecular complexity index is 590. The average molecular weight is 329 g/mol. The maximum atomic E-state index is 12.6. The van der Waals surface area contributed by atoms with E-state index in [1.165, 1.54) is 19.3 Å². The van der Waals surface area contributed by atoms with E-state index in [0.29, 0.717) is 11.7 Å². The molecule has 0 atom stereocenters. The van der Waals surface area contributed by atoms with Crippen molar-refractivity contribution < 1.29 is 4.79 Å². The van der Waals surface area contributed by atoms with Crippen molar-refractivity contribution >= 4 is 24.1 Å². The molecular formula is C18H27N5O. The molecule has 130 valence electrons. The molecule has 24 heavy (non-hydrogen) atoms. The number of amides is 2. The van der Waals surface area contributed by atoms with Crippen LogP contribution in [-0.2, 0) is 0 Å². The van der Waals surface area contributed by atoms with Gasteiger partial charge in [0.2, 0.25) is 0 Å². The molecule has 3 N–H and O–H groups in total. The van der Waals surface area contributed by atoms with Gasteiger partial charge >= 0.3 is 6.03 Å². The first-order chi connectivity index (χ1) is 11.6. The maximum absolute atomic E-state index is 12.6. The minimum Gasteiger partial charge on any atom is -0.324 e. The van der Waals surface area contributed by atoms with Crippen molar-refractivity contribution in [3.8, 4) is 0 Å². The quantitative estimate of drug-likeness (QED) is 0.494. The molecule has 1 aromatic rings. The third-order valence-electron chi connectivity index (χ3n) is 4.56. The highest BCUT2D eigenvalue weighted by molar-refractivity contribution is 5.78. The van der Waals surface area contributed by atoms with Gasteiger partial charge in [-0.2, -0.15) is 0 Å². The van der Waals surface area contributed by atoms with Crippen LogP contribution in [0.2, 0.25) is 0 Å². The Morgan fingerprint density at radius 1 is 1.25 bits per heavy atom. The Morgan fingerprint density at radius 3 is 2.42 bits per heavy atom. The number of nitrogens with two attached hydrogens (primary N) is 1. The summed E-state index contributed by atoms with van der Waals surface area (Å²) in [6.07, 6.45) is 7.55. The van der Waals surface area contributed by atoms with Crippen LogP contribution in [0.5, 0.6) is 0 Å². The fourth-order valence-electron chi connectivity index (χ4n) is 3.06. The van der Waals surface area contributed by atoms with E-state index in [2.05, 4.69) is 17.1 Å². The van der Waals surface area contributed by atoms with Gasteiger partial charge in [-0.1, -0.05) is 31.4 Å². The number of carbonyl (C=O) groups excluding carboxylic acids is 1. The first-order valence-electron chi connectivity index (χ1n) is 8.32. The zero-order valence-corrected chi connectivity index (χ0v) is 14.5. The Kier molecular flexibility index (Phi) is 6.37. The Labute approximate surface area is 144 Å². The molecule has 2 amide bonds. The second-order valence-corrected chi connectivity index (χ2v) is 6.19. The summed E-state index contributed by atoms with van der Waals surface area (Å²) in [4.78, 5) is 20.1. The van der Waals surface area contributed by atoms with Crippen LogP contribution in [0.3, 0.4) is 0 Å². The van der Waals surface area contributed by atoms with Gasteiger partial charge in [-0.05, 0) is 31.7 Å². The number of anilines is 1. The molecule has 0 spiro atoms. The highest BCUT2D eigenvalue weighted by atomic mass is 16.2. The molecular weight excluding hydrogens is 302 g/mol. The summed E-state index contributed by atoms with van der Waals surface area (Å²) < 4.78 is 0. The van der Waals surface area contributed by atoms with Gasteiger partial charge in [0.05, 0.1) is 5.70 Å². The second kappa shape index (κ2) is 8.49. The number of aliphatic imine (C=N–C) groups is 1. The normalized spacial score (nSPS) is 15.7. The Hall–Kier alpha value is -2.34. The van der Waals surface area contributed by atoms with Crippen LogP contribution in [0.15, 0.2) is 35.5 Å². The predicted molar refractivity (Wildman–Crippen MR) is 99.6 cm³/mol. The van der Waals surface area contributed by atoms with Crippen LogP contribution in [0, 0.1) is 0 Å². The van der Waals surface area contributed by atoms with Crippen LogP contribution < -0.4 is 11.3 Å². The molecule has 6 heteroatoms. The molecule has 0 radical (unpaired) electrons. The second-order valence-electron chi connectivity index (χ2n) is 6.19. The summed E-state index contributed by atoms with van der Waals surface area (Å²) in [6.45, 7) is 3.62. The van der Waals surface area contributed by atoms with Crippen LogP contribution in [-0.4, -0.2) is 42.7 Å². The smallest absolute Gasteiger partial charge is 0.323 e. The first kappa shape index (κ1) is 18.0. The number of hydrogen-bond acceptors (Lipinski definition) is 4. The molecule has 6 nitrogen and oxygen atoms in total. The lowest BCUT2D eigenvalue weighted by molar-refractivity contribution is 0.154. The lowest BCUT2D eigenvalue weighted by Gasteiger charge is -2.33. The number of rotatable bonds is 5. The number of carbonyl (C=O) groups is 1. The molecule has 1 aliphatic carbocycles. The SMILES string of the molecule is C=N/C(=C\N(C)C(=O)N(C)C1CCCCC1)c1ccc(NN)cc1. The van der Waals surface area contributed by atoms with Gasteiger partial charge in [0.15, 0.2) is 0 Å². The molecule has 1 aliphatic rings. The van der Waals surface area contributed by atoms with E-state index in [1.807, 2.05) is 36.2 Å². The van der Waals surface area contributed by atoms with Crippen molar-refractivity contribution in [3.05, 3.63) is 36.0 Å². The van der Waals surface area contributed by atoms with Crippen molar-refractivity contribution in [1.82, 2.24) is 9.80 Å². The molecule has 0 unspecified atom stereocenters.